The first kappa shape index (κ1) is 27.7. The molecule has 0 fully saturated rings. The van der Waals surface area contributed by atoms with Crippen molar-refractivity contribution in [3.05, 3.63) is 64.7 Å². The van der Waals surface area contributed by atoms with Crippen molar-refractivity contribution in [2.75, 3.05) is 23.7 Å². The number of amides is 2. The summed E-state index contributed by atoms with van der Waals surface area (Å²) in [7, 11) is -3.53. The van der Waals surface area contributed by atoms with Gasteiger partial charge in [-0.1, -0.05) is 54.9 Å². The van der Waals surface area contributed by atoms with Gasteiger partial charge in [-0.15, -0.1) is 0 Å². The third kappa shape index (κ3) is 7.46. The number of halogens is 1. The molecule has 2 aromatic carbocycles. The summed E-state index contributed by atoms with van der Waals surface area (Å²) in [5.74, 6) is -0.445. The number of carbonyl (C=O) groups excluding carboxylic acids is 2. The van der Waals surface area contributed by atoms with Crippen molar-refractivity contribution in [1.29, 1.82) is 0 Å². The molecule has 1 atom stereocenters. The largest absolute Gasteiger partial charge is 0.355 e. The lowest BCUT2D eigenvalue weighted by atomic mass is 10.1. The first-order valence-electron chi connectivity index (χ1n) is 11.4. The molecule has 0 radical (unpaired) electrons. The molecule has 34 heavy (non-hydrogen) atoms. The molecule has 0 aromatic heterocycles. The Kier molecular flexibility index (Phi) is 10.4. The van der Waals surface area contributed by atoms with E-state index in [2.05, 4.69) is 5.32 Å². The number of anilines is 1. The molecule has 1 unspecified atom stereocenters. The molecule has 2 rings (SSSR count). The van der Waals surface area contributed by atoms with Gasteiger partial charge in [0.15, 0.2) is 0 Å². The van der Waals surface area contributed by atoms with Gasteiger partial charge in [0, 0.05) is 31.1 Å². The summed E-state index contributed by atoms with van der Waals surface area (Å²) in [6.45, 7) is 6.35. The van der Waals surface area contributed by atoms with Crippen molar-refractivity contribution in [2.24, 2.45) is 0 Å². The molecule has 0 spiro atoms. The smallest absolute Gasteiger partial charge is 0.242 e. The molecule has 1 N–H and O–H groups in total. The van der Waals surface area contributed by atoms with Gasteiger partial charge in [0.05, 0.1) is 11.9 Å². The van der Waals surface area contributed by atoms with Crippen molar-refractivity contribution in [3.8, 4) is 0 Å². The predicted molar refractivity (Wildman–Crippen MR) is 137 cm³/mol. The lowest BCUT2D eigenvalue weighted by Gasteiger charge is -2.31. The number of aryl methyl sites for hydroxylation is 1. The summed E-state index contributed by atoms with van der Waals surface area (Å²) in [5.41, 5.74) is 2.18. The number of carbonyl (C=O) groups is 2. The monoisotopic (exact) mass is 507 g/mol. The molecule has 0 saturated carbocycles. The molecular formula is C25H34ClN3O4S. The fourth-order valence-corrected chi connectivity index (χ4v) is 5.07. The highest BCUT2D eigenvalue weighted by atomic mass is 35.5. The van der Waals surface area contributed by atoms with Crippen molar-refractivity contribution in [3.63, 3.8) is 0 Å². The minimum atomic E-state index is -3.53. The standard InChI is InChI=1S/C25H34ClN3O4S/c1-5-22(25(31)27-6-2)28(18-20-13-8-9-14-21(20)26)24(30)16-11-17-29(34(4,32)33)23-15-10-7-12-19(23)3/h7-10,12-15,22H,5-6,11,16-18H2,1-4H3,(H,27,31). The number of sulfonamides is 1. The Hall–Kier alpha value is -2.58. The molecule has 0 bridgehead atoms. The Morgan fingerprint density at radius 3 is 2.29 bits per heavy atom. The van der Waals surface area contributed by atoms with Gasteiger partial charge in [0.1, 0.15) is 6.04 Å². The molecule has 0 aliphatic rings. The van der Waals surface area contributed by atoms with Crippen molar-refractivity contribution < 1.29 is 18.0 Å². The molecule has 0 saturated heterocycles. The highest BCUT2D eigenvalue weighted by molar-refractivity contribution is 7.92. The fourth-order valence-electron chi connectivity index (χ4n) is 3.85. The van der Waals surface area contributed by atoms with Crippen LogP contribution >= 0.6 is 11.6 Å². The first-order chi connectivity index (χ1) is 16.1. The molecule has 7 nitrogen and oxygen atoms in total. The summed E-state index contributed by atoms with van der Waals surface area (Å²) in [5, 5.41) is 3.32. The van der Waals surface area contributed by atoms with Crippen LogP contribution in [0.4, 0.5) is 5.69 Å². The second kappa shape index (κ2) is 12.8. The third-order valence-electron chi connectivity index (χ3n) is 5.57. The van der Waals surface area contributed by atoms with Crippen LogP contribution in [0.5, 0.6) is 0 Å². The van der Waals surface area contributed by atoms with E-state index < -0.39 is 16.1 Å². The maximum absolute atomic E-state index is 13.3. The van der Waals surface area contributed by atoms with Crippen molar-refractivity contribution in [1.82, 2.24) is 10.2 Å². The summed E-state index contributed by atoms with van der Waals surface area (Å²) < 4.78 is 26.2. The lowest BCUT2D eigenvalue weighted by Crippen LogP contribution is -2.49. The number of likely N-dealkylation sites (N-methyl/N-ethyl adjacent to an activating group) is 1. The average Bonchev–Trinajstić information content (AvgIpc) is 2.78. The van der Waals surface area contributed by atoms with Crippen molar-refractivity contribution in [2.45, 2.75) is 52.6 Å². The van der Waals surface area contributed by atoms with Crippen LogP contribution in [0.2, 0.25) is 5.02 Å². The van der Waals surface area contributed by atoms with Crippen LogP contribution in [0.15, 0.2) is 48.5 Å². The Labute approximate surface area is 208 Å². The zero-order valence-electron chi connectivity index (χ0n) is 20.3. The van der Waals surface area contributed by atoms with E-state index in [4.69, 9.17) is 11.6 Å². The van der Waals surface area contributed by atoms with E-state index >= 15 is 0 Å². The van der Waals surface area contributed by atoms with Crippen LogP contribution in [0.25, 0.3) is 0 Å². The molecule has 0 aliphatic carbocycles. The number of benzene rings is 2. The quantitative estimate of drug-likeness (QED) is 0.467. The normalized spacial score (nSPS) is 12.1. The average molecular weight is 508 g/mol. The maximum Gasteiger partial charge on any atom is 0.242 e. The lowest BCUT2D eigenvalue weighted by molar-refractivity contribution is -0.141. The molecule has 2 amide bonds. The van der Waals surface area contributed by atoms with Gasteiger partial charge in [-0.3, -0.25) is 13.9 Å². The summed E-state index contributed by atoms with van der Waals surface area (Å²) in [4.78, 5) is 27.6. The van der Waals surface area contributed by atoms with Crippen LogP contribution in [-0.2, 0) is 26.2 Å². The van der Waals surface area contributed by atoms with Gasteiger partial charge in [0.25, 0.3) is 0 Å². The van der Waals surface area contributed by atoms with Gasteiger partial charge >= 0.3 is 0 Å². The Morgan fingerprint density at radius 2 is 1.71 bits per heavy atom. The van der Waals surface area contributed by atoms with Crippen LogP contribution < -0.4 is 9.62 Å². The predicted octanol–water partition coefficient (Wildman–Crippen LogP) is 4.14. The van der Waals surface area contributed by atoms with E-state index in [9.17, 15) is 18.0 Å². The summed E-state index contributed by atoms with van der Waals surface area (Å²) in [6.07, 6.45) is 2.01. The third-order valence-corrected chi connectivity index (χ3v) is 7.12. The van der Waals surface area contributed by atoms with E-state index in [1.807, 2.05) is 51.1 Å². The number of rotatable bonds is 12. The van der Waals surface area contributed by atoms with E-state index in [0.29, 0.717) is 30.1 Å². The second-order valence-corrected chi connectivity index (χ2v) is 10.5. The van der Waals surface area contributed by atoms with Gasteiger partial charge in [-0.05, 0) is 49.9 Å². The molecule has 0 aliphatic heterocycles. The van der Waals surface area contributed by atoms with Crippen LogP contribution in [0.1, 0.15) is 44.2 Å². The van der Waals surface area contributed by atoms with Crippen molar-refractivity contribution >= 4 is 39.1 Å². The maximum atomic E-state index is 13.3. The Bertz CT molecular complexity index is 1090. The minimum absolute atomic E-state index is 0.0955. The highest BCUT2D eigenvalue weighted by Crippen LogP contribution is 2.24. The van der Waals surface area contributed by atoms with Crippen LogP contribution in [0.3, 0.4) is 0 Å². The molecule has 9 heteroatoms. The first-order valence-corrected chi connectivity index (χ1v) is 13.7. The molecular weight excluding hydrogens is 474 g/mol. The molecule has 0 heterocycles. The van der Waals surface area contributed by atoms with E-state index in [1.54, 1.807) is 23.1 Å². The summed E-state index contributed by atoms with van der Waals surface area (Å²) in [6, 6.07) is 13.8. The second-order valence-electron chi connectivity index (χ2n) is 8.16. The zero-order valence-corrected chi connectivity index (χ0v) is 21.8. The van der Waals surface area contributed by atoms with Gasteiger partial charge in [-0.2, -0.15) is 0 Å². The number of nitrogens with one attached hydrogen (secondary N) is 1. The highest BCUT2D eigenvalue weighted by Gasteiger charge is 2.29. The van der Waals surface area contributed by atoms with Crippen LogP contribution in [-0.4, -0.2) is 50.5 Å². The number of nitrogens with zero attached hydrogens (tertiary/aromatic N) is 2. The summed E-state index contributed by atoms with van der Waals surface area (Å²) >= 11 is 6.33. The molecule has 2 aromatic rings. The van der Waals surface area contributed by atoms with Crippen LogP contribution in [0, 0.1) is 6.92 Å². The number of para-hydroxylation sites is 1. The Balaban J connectivity index is 2.22. The van der Waals surface area contributed by atoms with E-state index in [0.717, 1.165) is 17.4 Å². The SMILES string of the molecule is CCNC(=O)C(CC)N(Cc1ccccc1Cl)C(=O)CCCN(c1ccccc1C)S(C)(=O)=O. The number of hydrogen-bond acceptors (Lipinski definition) is 4. The topological polar surface area (TPSA) is 86.8 Å². The number of hydrogen-bond donors (Lipinski definition) is 1. The minimum Gasteiger partial charge on any atom is -0.355 e. The van der Waals surface area contributed by atoms with E-state index in [1.165, 1.54) is 4.31 Å². The van der Waals surface area contributed by atoms with E-state index in [-0.39, 0.29) is 31.3 Å². The molecule has 186 valence electrons. The zero-order chi connectivity index (χ0) is 25.3. The van der Waals surface area contributed by atoms with Gasteiger partial charge in [-0.25, -0.2) is 8.42 Å². The van der Waals surface area contributed by atoms with Gasteiger partial charge in [0.2, 0.25) is 21.8 Å². The Morgan fingerprint density at radius 1 is 1.06 bits per heavy atom. The fraction of sp³-hybridized carbons (Fsp3) is 0.440. The van der Waals surface area contributed by atoms with Gasteiger partial charge < -0.3 is 10.2 Å².